The Morgan fingerprint density at radius 2 is 1.73 bits per heavy atom. The van der Waals surface area contributed by atoms with E-state index in [1.54, 1.807) is 0 Å². The number of rotatable bonds is 4. The van der Waals surface area contributed by atoms with Gasteiger partial charge in [-0.1, -0.05) is 0 Å². The summed E-state index contributed by atoms with van der Waals surface area (Å²) in [6.45, 7) is 8.95. The summed E-state index contributed by atoms with van der Waals surface area (Å²) >= 11 is -1.77. The first kappa shape index (κ1) is 11.5. The first-order valence-corrected chi connectivity index (χ1v) is 9.96. The maximum absolute atomic E-state index is 8.01. The van der Waals surface area contributed by atoms with Crippen LogP contribution in [0.5, 0.6) is 0 Å². The van der Waals surface area contributed by atoms with E-state index in [2.05, 4.69) is 27.7 Å². The van der Waals surface area contributed by atoms with Crippen LogP contribution in [0.25, 0.3) is 0 Å². The van der Waals surface area contributed by atoms with E-state index in [9.17, 15) is 0 Å². The molecule has 1 nitrogen and oxygen atoms in total. The molecular weight excluding hydrogens is 303 g/mol. The molecule has 0 fully saturated rings. The minimum atomic E-state index is -1.77. The van der Waals surface area contributed by atoms with E-state index in [1.807, 2.05) is 0 Å². The Balaban J connectivity index is 3.54. The van der Waals surface area contributed by atoms with Crippen LogP contribution in [0.2, 0.25) is 8.27 Å². The third kappa shape index (κ3) is 5.77. The van der Waals surface area contributed by atoms with Gasteiger partial charge in [-0.3, -0.25) is 0 Å². The first-order chi connectivity index (χ1) is 4.98. The van der Waals surface area contributed by atoms with E-state index < -0.39 is 18.3 Å². The van der Waals surface area contributed by atoms with Gasteiger partial charge in [0.25, 0.3) is 0 Å². The van der Waals surface area contributed by atoms with Crippen molar-refractivity contribution in [1.29, 1.82) is 3.76 Å². The Bertz CT molecular complexity index is 124. The zero-order valence-corrected chi connectivity index (χ0v) is 11.5. The topological polar surface area (TPSA) is 23.9 Å². The van der Waals surface area contributed by atoms with E-state index in [4.69, 9.17) is 3.76 Å². The number of hydrogen-bond donors (Lipinski definition) is 1. The maximum atomic E-state index is 8.01. The van der Waals surface area contributed by atoms with E-state index in [0.29, 0.717) is 3.63 Å². The van der Waals surface area contributed by atoms with Crippen molar-refractivity contribution in [1.82, 2.24) is 0 Å². The summed E-state index contributed by atoms with van der Waals surface area (Å²) in [5.41, 5.74) is 0. The van der Waals surface area contributed by atoms with Crippen molar-refractivity contribution >= 4 is 0 Å². The van der Waals surface area contributed by atoms with Gasteiger partial charge in [-0.2, -0.15) is 0 Å². The second-order valence-corrected chi connectivity index (χ2v) is 13.5. The third-order valence-corrected chi connectivity index (χ3v) is 10.4. The van der Waals surface area contributed by atoms with Crippen molar-refractivity contribution < 1.29 is 18.3 Å². The van der Waals surface area contributed by atoms with Crippen molar-refractivity contribution in [3.63, 3.8) is 0 Å². The summed E-state index contributed by atoms with van der Waals surface area (Å²) in [6.07, 6.45) is 3.94. The fraction of sp³-hybridized carbons (Fsp3) is 1.00. The second kappa shape index (κ2) is 5.23. The van der Waals surface area contributed by atoms with Gasteiger partial charge in [-0.05, 0) is 0 Å². The molecule has 67 valence electrons. The van der Waals surface area contributed by atoms with E-state index >= 15 is 0 Å². The molecule has 0 unspecified atom stereocenters. The van der Waals surface area contributed by atoms with Gasteiger partial charge < -0.3 is 0 Å². The van der Waals surface area contributed by atoms with Gasteiger partial charge in [0.05, 0.1) is 0 Å². The molecule has 0 saturated carbocycles. The Labute approximate surface area is 77.4 Å². The summed E-state index contributed by atoms with van der Waals surface area (Å²) in [6, 6.07) is 0. The van der Waals surface area contributed by atoms with Gasteiger partial charge in [0.1, 0.15) is 0 Å². The Kier molecular flexibility index (Phi) is 5.49. The van der Waals surface area contributed by atoms with Crippen molar-refractivity contribution in [3.05, 3.63) is 0 Å². The molecule has 2 heteroatoms. The third-order valence-electron chi connectivity index (χ3n) is 1.80. The number of hydrogen-bond acceptors (Lipinski definition) is 1. The zero-order chi connectivity index (χ0) is 8.91. The molecule has 0 amide bonds. The molecule has 0 bridgehead atoms. The SMILES string of the molecule is CCCC[CH2][Ta](=[NH])[C](C)(C)C. The summed E-state index contributed by atoms with van der Waals surface area (Å²) in [5.74, 6) is 0. The fourth-order valence-electron chi connectivity index (χ4n) is 0.855. The van der Waals surface area contributed by atoms with Gasteiger partial charge in [0, 0.05) is 0 Å². The normalized spacial score (nSPS) is 11.6. The molecule has 0 saturated heterocycles. The van der Waals surface area contributed by atoms with Gasteiger partial charge in [0.2, 0.25) is 0 Å². The van der Waals surface area contributed by atoms with Crippen LogP contribution in [0.3, 0.4) is 0 Å². The van der Waals surface area contributed by atoms with Crippen molar-refractivity contribution in [2.45, 2.75) is 55.2 Å². The van der Waals surface area contributed by atoms with Crippen LogP contribution in [0.1, 0.15) is 47.0 Å². The summed E-state index contributed by atoms with van der Waals surface area (Å²) in [5, 5.41) is 0. The van der Waals surface area contributed by atoms with Gasteiger partial charge in [0.15, 0.2) is 0 Å². The standard InChI is InChI=1S/C5H11.C4H9.HN.Ta/c1-3-5-4-2;1-4(2)3;;/h1,3-5H2,2H3;1-3H3;1H;. The summed E-state index contributed by atoms with van der Waals surface area (Å²) < 4.78 is 9.65. The molecule has 0 spiro atoms. The number of nitrogens with one attached hydrogen (secondary N) is 1. The molecule has 0 aromatic carbocycles. The molecule has 0 aliphatic heterocycles. The van der Waals surface area contributed by atoms with Crippen molar-refractivity contribution in [2.24, 2.45) is 0 Å². The van der Waals surface area contributed by atoms with E-state index in [-0.39, 0.29) is 0 Å². The molecule has 0 rings (SSSR count). The zero-order valence-electron chi connectivity index (χ0n) is 8.28. The molecule has 11 heavy (non-hydrogen) atoms. The molecule has 0 aromatic heterocycles. The average molecular weight is 324 g/mol. The van der Waals surface area contributed by atoms with Gasteiger partial charge in [-0.15, -0.1) is 0 Å². The van der Waals surface area contributed by atoms with Crippen molar-refractivity contribution in [3.8, 4) is 0 Å². The molecule has 0 atom stereocenters. The van der Waals surface area contributed by atoms with Crippen molar-refractivity contribution in [2.75, 3.05) is 0 Å². The first-order valence-electron chi connectivity index (χ1n) is 4.47. The van der Waals surface area contributed by atoms with E-state index in [1.165, 1.54) is 23.9 Å². The molecule has 0 heterocycles. The van der Waals surface area contributed by atoms with Crippen LogP contribution in [0.4, 0.5) is 0 Å². The summed E-state index contributed by atoms with van der Waals surface area (Å²) in [4.78, 5) is 0. The minimum absolute atomic E-state index is 0.378. The van der Waals surface area contributed by atoms with Crippen LogP contribution in [-0.2, 0) is 18.3 Å². The Hall–Kier alpha value is 0.540. The Morgan fingerprint density at radius 1 is 1.18 bits per heavy atom. The molecule has 0 aliphatic rings. The average Bonchev–Trinajstić information content (AvgIpc) is 1.86. The van der Waals surface area contributed by atoms with Crippen LogP contribution >= 0.6 is 0 Å². The predicted octanol–water partition coefficient (Wildman–Crippen LogP) is 4.19. The molecular formula is C9H21NTa. The van der Waals surface area contributed by atoms with E-state index in [0.717, 1.165) is 0 Å². The molecule has 0 radical (unpaired) electrons. The quantitative estimate of drug-likeness (QED) is 0.750. The Morgan fingerprint density at radius 3 is 2.09 bits per heavy atom. The fourth-order valence-corrected chi connectivity index (χ4v) is 5.20. The van der Waals surface area contributed by atoms with Crippen LogP contribution in [0.15, 0.2) is 0 Å². The van der Waals surface area contributed by atoms with Gasteiger partial charge >= 0.3 is 77.2 Å². The predicted molar refractivity (Wildman–Crippen MR) is 46.8 cm³/mol. The van der Waals surface area contributed by atoms with Crippen LogP contribution in [-0.4, -0.2) is 0 Å². The second-order valence-electron chi connectivity index (χ2n) is 4.03. The monoisotopic (exact) mass is 324 g/mol. The van der Waals surface area contributed by atoms with Crippen LogP contribution < -0.4 is 0 Å². The van der Waals surface area contributed by atoms with Crippen LogP contribution in [0, 0.1) is 3.76 Å². The molecule has 0 aromatic rings. The number of unbranched alkanes of at least 4 members (excludes halogenated alkanes) is 2. The summed E-state index contributed by atoms with van der Waals surface area (Å²) in [7, 11) is 0. The molecule has 1 N–H and O–H groups in total. The van der Waals surface area contributed by atoms with Gasteiger partial charge in [-0.25, -0.2) is 0 Å². The molecule has 0 aliphatic carbocycles.